The van der Waals surface area contributed by atoms with Crippen molar-refractivity contribution in [3.05, 3.63) is 56.3 Å². The fraction of sp³-hybridized carbons (Fsp3) is 0.250. The maximum atomic E-state index is 13.6. The van der Waals surface area contributed by atoms with Gasteiger partial charge in [-0.1, -0.05) is 17.7 Å². The zero-order chi connectivity index (χ0) is 17.3. The molecule has 0 spiro atoms. The molecule has 3 rings (SSSR count). The lowest BCUT2D eigenvalue weighted by Crippen LogP contribution is -2.02. The van der Waals surface area contributed by atoms with Crippen LogP contribution in [0.3, 0.4) is 0 Å². The topological polar surface area (TPSA) is 70.8 Å². The Balaban J connectivity index is 1.89. The zero-order valence-electron chi connectivity index (χ0n) is 12.7. The molecule has 0 radical (unpaired) electrons. The Hall–Kier alpha value is -2.54. The van der Waals surface area contributed by atoms with Crippen molar-refractivity contribution in [1.82, 2.24) is 0 Å². The molecule has 1 aliphatic rings. The fourth-order valence-electron chi connectivity index (χ4n) is 2.53. The molecule has 0 fully saturated rings. The van der Waals surface area contributed by atoms with Crippen molar-refractivity contribution >= 4 is 17.3 Å². The van der Waals surface area contributed by atoms with Crippen molar-refractivity contribution in [1.29, 1.82) is 0 Å². The molecule has 0 atom stereocenters. The first-order valence-corrected chi connectivity index (χ1v) is 7.47. The Morgan fingerprint density at radius 3 is 2.88 bits per heavy atom. The van der Waals surface area contributed by atoms with Crippen LogP contribution in [-0.2, 0) is 13.0 Å². The summed E-state index contributed by atoms with van der Waals surface area (Å²) in [5.74, 6) is -0.171. The first-order valence-electron chi connectivity index (χ1n) is 7.09. The summed E-state index contributed by atoms with van der Waals surface area (Å²) in [6, 6.07) is 5.44. The summed E-state index contributed by atoms with van der Waals surface area (Å²) in [5, 5.41) is 11.5. The van der Waals surface area contributed by atoms with Gasteiger partial charge in [-0.2, -0.15) is 4.39 Å². The molecule has 6 nitrogen and oxygen atoms in total. The number of nitro groups is 1. The van der Waals surface area contributed by atoms with Crippen LogP contribution in [0, 0.1) is 15.9 Å². The van der Waals surface area contributed by atoms with Gasteiger partial charge >= 0.3 is 5.69 Å². The van der Waals surface area contributed by atoms with Crippen LogP contribution in [0.25, 0.3) is 0 Å². The largest absolute Gasteiger partial charge is 0.493 e. The fourth-order valence-corrected chi connectivity index (χ4v) is 2.77. The minimum Gasteiger partial charge on any atom is -0.493 e. The number of ether oxygens (including phenoxy) is 3. The van der Waals surface area contributed by atoms with Crippen LogP contribution in [0.15, 0.2) is 24.3 Å². The van der Waals surface area contributed by atoms with Crippen LogP contribution in [0.5, 0.6) is 17.2 Å². The van der Waals surface area contributed by atoms with E-state index in [9.17, 15) is 14.5 Å². The van der Waals surface area contributed by atoms with E-state index in [0.717, 1.165) is 23.3 Å². The van der Waals surface area contributed by atoms with E-state index < -0.39 is 16.4 Å². The smallest absolute Gasteiger partial charge is 0.308 e. The van der Waals surface area contributed by atoms with Crippen LogP contribution >= 0.6 is 11.6 Å². The van der Waals surface area contributed by atoms with Gasteiger partial charge in [-0.05, 0) is 6.07 Å². The summed E-state index contributed by atoms with van der Waals surface area (Å²) in [4.78, 5) is 10.1. The predicted octanol–water partition coefficient (Wildman–Crippen LogP) is 3.91. The van der Waals surface area contributed by atoms with Crippen LogP contribution in [0.4, 0.5) is 10.1 Å². The summed E-state index contributed by atoms with van der Waals surface area (Å²) < 4.78 is 29.8. The predicted molar refractivity (Wildman–Crippen MR) is 84.6 cm³/mol. The van der Waals surface area contributed by atoms with E-state index in [2.05, 4.69) is 0 Å². The van der Waals surface area contributed by atoms with Crippen LogP contribution < -0.4 is 14.2 Å². The molecule has 0 bridgehead atoms. The van der Waals surface area contributed by atoms with Crippen molar-refractivity contribution in [2.24, 2.45) is 0 Å². The molecule has 126 valence electrons. The molecular weight excluding hydrogens is 341 g/mol. The van der Waals surface area contributed by atoms with Gasteiger partial charge in [-0.15, -0.1) is 0 Å². The maximum absolute atomic E-state index is 13.6. The normalized spacial score (nSPS) is 12.5. The molecule has 0 unspecified atom stereocenters. The highest BCUT2D eigenvalue weighted by Crippen LogP contribution is 2.38. The van der Waals surface area contributed by atoms with Gasteiger partial charge in [0.05, 0.1) is 24.7 Å². The molecule has 8 heteroatoms. The molecule has 0 aliphatic carbocycles. The zero-order valence-corrected chi connectivity index (χ0v) is 13.4. The average molecular weight is 354 g/mol. The van der Waals surface area contributed by atoms with Crippen LogP contribution in [0.1, 0.15) is 11.1 Å². The highest BCUT2D eigenvalue weighted by Gasteiger charge is 2.22. The second kappa shape index (κ2) is 6.52. The molecule has 24 heavy (non-hydrogen) atoms. The van der Waals surface area contributed by atoms with Crippen molar-refractivity contribution in [2.45, 2.75) is 13.0 Å². The van der Waals surface area contributed by atoms with Gasteiger partial charge in [0.1, 0.15) is 12.4 Å². The van der Waals surface area contributed by atoms with Crippen molar-refractivity contribution in [3.63, 3.8) is 0 Å². The number of rotatable bonds is 5. The van der Waals surface area contributed by atoms with Crippen molar-refractivity contribution in [3.8, 4) is 17.2 Å². The number of benzene rings is 2. The van der Waals surface area contributed by atoms with Gasteiger partial charge in [0.2, 0.25) is 5.82 Å². The van der Waals surface area contributed by atoms with Crippen LogP contribution in [0.2, 0.25) is 5.02 Å². The maximum Gasteiger partial charge on any atom is 0.308 e. The summed E-state index contributed by atoms with van der Waals surface area (Å²) >= 11 is 6.12. The van der Waals surface area contributed by atoms with E-state index in [1.165, 1.54) is 7.11 Å². The second-order valence-corrected chi connectivity index (χ2v) is 5.52. The molecule has 1 heterocycles. The lowest BCUT2D eigenvalue weighted by Gasteiger charge is -2.13. The number of hydrogen-bond acceptors (Lipinski definition) is 5. The van der Waals surface area contributed by atoms with E-state index in [1.54, 1.807) is 12.1 Å². The number of nitrogens with zero attached hydrogens (tertiary/aromatic N) is 1. The number of halogens is 2. The van der Waals surface area contributed by atoms with Gasteiger partial charge in [-0.3, -0.25) is 10.1 Å². The SMILES string of the molecule is COc1cc(F)c([N+](=O)[O-])cc1OCc1ccc(Cl)c2c1OCC2. The molecule has 1 aliphatic heterocycles. The van der Waals surface area contributed by atoms with E-state index in [4.69, 9.17) is 25.8 Å². The molecule has 0 amide bonds. The van der Waals surface area contributed by atoms with Crippen molar-refractivity contribution in [2.75, 3.05) is 13.7 Å². The Labute approximate surface area is 141 Å². The standard InChI is InChI=1S/C16H13ClFNO5/c1-22-14-6-12(18)13(19(20)21)7-15(14)24-8-9-2-3-11(17)10-4-5-23-16(9)10/h2-3,6-7H,4-5,8H2,1H3. The van der Waals surface area contributed by atoms with E-state index in [1.807, 2.05) is 0 Å². The van der Waals surface area contributed by atoms with Crippen molar-refractivity contribution < 1.29 is 23.5 Å². The number of nitro benzene ring substituents is 1. The first kappa shape index (κ1) is 16.3. The summed E-state index contributed by atoms with van der Waals surface area (Å²) in [7, 11) is 1.33. The second-order valence-electron chi connectivity index (χ2n) is 5.11. The molecule has 2 aromatic carbocycles. The lowest BCUT2D eigenvalue weighted by atomic mass is 10.1. The molecule has 0 N–H and O–H groups in total. The molecule has 0 saturated heterocycles. The Bertz CT molecular complexity index is 812. The highest BCUT2D eigenvalue weighted by atomic mass is 35.5. The van der Waals surface area contributed by atoms with Gasteiger partial charge < -0.3 is 14.2 Å². The first-order chi connectivity index (χ1) is 11.5. The number of methoxy groups -OCH3 is 1. The minimum absolute atomic E-state index is 0.0737. The highest BCUT2D eigenvalue weighted by molar-refractivity contribution is 6.31. The van der Waals surface area contributed by atoms with Gasteiger partial charge in [0, 0.05) is 28.6 Å². The summed E-state index contributed by atoms with van der Waals surface area (Å²) in [6.45, 7) is 0.621. The summed E-state index contributed by atoms with van der Waals surface area (Å²) in [5.41, 5.74) is 0.985. The minimum atomic E-state index is -0.986. The monoisotopic (exact) mass is 353 g/mol. The number of fused-ring (bicyclic) bond motifs is 1. The molecule has 0 aromatic heterocycles. The number of hydrogen-bond donors (Lipinski definition) is 0. The van der Waals surface area contributed by atoms with E-state index >= 15 is 0 Å². The van der Waals surface area contributed by atoms with Crippen LogP contribution in [-0.4, -0.2) is 18.6 Å². The quantitative estimate of drug-likeness (QED) is 0.602. The molecule has 0 saturated carbocycles. The third-order valence-corrected chi connectivity index (χ3v) is 4.05. The van der Waals surface area contributed by atoms with E-state index in [0.29, 0.717) is 23.8 Å². The average Bonchev–Trinajstić information content (AvgIpc) is 3.05. The third-order valence-electron chi connectivity index (χ3n) is 3.70. The molecule has 2 aromatic rings. The Morgan fingerprint density at radius 2 is 2.17 bits per heavy atom. The van der Waals surface area contributed by atoms with E-state index in [-0.39, 0.29) is 18.1 Å². The third kappa shape index (κ3) is 2.94. The Morgan fingerprint density at radius 1 is 1.38 bits per heavy atom. The lowest BCUT2D eigenvalue weighted by molar-refractivity contribution is -0.387. The van der Waals surface area contributed by atoms with Gasteiger partial charge in [0.25, 0.3) is 0 Å². The van der Waals surface area contributed by atoms with Gasteiger partial charge in [0.15, 0.2) is 11.5 Å². The summed E-state index contributed by atoms with van der Waals surface area (Å²) in [6.07, 6.45) is 0.716. The molecular formula is C16H13ClFNO5. The van der Waals surface area contributed by atoms with Gasteiger partial charge in [-0.25, -0.2) is 0 Å². The Kier molecular flexibility index (Phi) is 4.44.